The van der Waals surface area contributed by atoms with E-state index in [1.807, 2.05) is 37.1 Å². The van der Waals surface area contributed by atoms with E-state index in [2.05, 4.69) is 15.9 Å². The first kappa shape index (κ1) is 13.7. The molecule has 0 fully saturated rings. The predicted molar refractivity (Wildman–Crippen MR) is 69.8 cm³/mol. The Hall–Kier alpha value is -0.390. The van der Waals surface area contributed by atoms with E-state index in [9.17, 15) is 4.79 Å². The smallest absolute Gasteiger partial charge is 0.317 e. The van der Waals surface area contributed by atoms with Gasteiger partial charge in [0.25, 0.3) is 0 Å². The Morgan fingerprint density at radius 1 is 1.56 bits per heavy atom. The lowest BCUT2D eigenvalue weighted by molar-refractivity contribution is -0.139. The zero-order valence-electron chi connectivity index (χ0n) is 9.66. The fraction of sp³-hybridized carbons (Fsp3) is 0.545. The average molecular weight is 306 g/mol. The molecular weight excluding hydrogens is 290 g/mol. The molecule has 0 atom stereocenters. The van der Waals surface area contributed by atoms with Crippen LogP contribution in [-0.4, -0.2) is 28.1 Å². The molecule has 5 heteroatoms. The summed E-state index contributed by atoms with van der Waals surface area (Å²) in [6.07, 6.45) is 0. The number of hydrogen-bond donors (Lipinski definition) is 1. The first-order valence-corrected chi connectivity index (χ1v) is 6.66. The van der Waals surface area contributed by atoms with E-state index in [-0.39, 0.29) is 12.1 Å². The van der Waals surface area contributed by atoms with Crippen LogP contribution in [0, 0.1) is 0 Å². The molecule has 0 aromatic carbocycles. The summed E-state index contributed by atoms with van der Waals surface area (Å²) in [4.78, 5) is 13.9. The van der Waals surface area contributed by atoms with Gasteiger partial charge in [0.2, 0.25) is 0 Å². The van der Waals surface area contributed by atoms with E-state index in [1.54, 1.807) is 11.3 Å². The first-order valence-electron chi connectivity index (χ1n) is 4.99. The minimum Gasteiger partial charge on any atom is -0.480 e. The topological polar surface area (TPSA) is 40.5 Å². The van der Waals surface area contributed by atoms with Crippen LogP contribution in [0.5, 0.6) is 0 Å². The Morgan fingerprint density at radius 3 is 2.56 bits per heavy atom. The van der Waals surface area contributed by atoms with Gasteiger partial charge in [0, 0.05) is 26.8 Å². The molecule has 1 aromatic rings. The molecule has 16 heavy (non-hydrogen) atoms. The second kappa shape index (κ2) is 5.29. The number of nitrogens with zero attached hydrogens (tertiary/aromatic N) is 1. The van der Waals surface area contributed by atoms with Gasteiger partial charge in [-0.2, -0.15) is 0 Å². The molecule has 0 saturated carbocycles. The van der Waals surface area contributed by atoms with Gasteiger partial charge in [-0.3, -0.25) is 9.69 Å². The molecule has 1 N–H and O–H groups in total. The number of carboxylic acids is 1. The first-order chi connectivity index (χ1) is 7.29. The van der Waals surface area contributed by atoms with Crippen molar-refractivity contribution in [3.63, 3.8) is 0 Å². The number of hydrogen-bond acceptors (Lipinski definition) is 3. The average Bonchev–Trinajstić information content (AvgIpc) is 2.47. The van der Waals surface area contributed by atoms with Gasteiger partial charge in [0.05, 0.1) is 6.54 Å². The highest BCUT2D eigenvalue weighted by atomic mass is 79.9. The van der Waals surface area contributed by atoms with Gasteiger partial charge in [-0.1, -0.05) is 0 Å². The summed E-state index contributed by atoms with van der Waals surface area (Å²) >= 11 is 5.04. The van der Waals surface area contributed by atoms with Crippen LogP contribution in [0.3, 0.4) is 0 Å². The Balaban J connectivity index is 2.74. The zero-order valence-corrected chi connectivity index (χ0v) is 12.1. The molecule has 0 bridgehead atoms. The van der Waals surface area contributed by atoms with Crippen molar-refractivity contribution >= 4 is 33.2 Å². The Labute approximate surface area is 108 Å². The number of thiophene rings is 1. The Bertz CT molecular complexity index is 370. The molecule has 1 aromatic heterocycles. The minimum atomic E-state index is -0.787. The van der Waals surface area contributed by atoms with Crippen LogP contribution in [-0.2, 0) is 11.3 Å². The maximum atomic E-state index is 10.8. The lowest BCUT2D eigenvalue weighted by Crippen LogP contribution is -2.43. The molecule has 0 unspecified atom stereocenters. The van der Waals surface area contributed by atoms with Crippen molar-refractivity contribution in [3.05, 3.63) is 20.8 Å². The van der Waals surface area contributed by atoms with E-state index in [1.165, 1.54) is 4.88 Å². The molecule has 0 aliphatic carbocycles. The predicted octanol–water partition coefficient (Wildman–Crippen LogP) is 3.20. The maximum Gasteiger partial charge on any atom is 0.317 e. The van der Waals surface area contributed by atoms with Gasteiger partial charge < -0.3 is 5.11 Å². The monoisotopic (exact) mass is 305 g/mol. The third kappa shape index (κ3) is 4.23. The summed E-state index contributed by atoms with van der Waals surface area (Å²) in [5.41, 5.74) is -0.144. The standard InChI is InChI=1S/C11H16BrNO2S/c1-11(2,3)13(6-10(14)15)5-9-4-8(12)7-16-9/h4,7H,5-6H2,1-3H3,(H,14,15). The molecule has 1 rings (SSSR count). The lowest BCUT2D eigenvalue weighted by atomic mass is 10.1. The van der Waals surface area contributed by atoms with Crippen molar-refractivity contribution < 1.29 is 9.90 Å². The molecule has 3 nitrogen and oxygen atoms in total. The van der Waals surface area contributed by atoms with Gasteiger partial charge >= 0.3 is 5.97 Å². The Kier molecular flexibility index (Phi) is 4.52. The quantitative estimate of drug-likeness (QED) is 0.928. The van der Waals surface area contributed by atoms with E-state index < -0.39 is 5.97 Å². The molecule has 0 amide bonds. The van der Waals surface area contributed by atoms with Crippen molar-refractivity contribution in [2.75, 3.05) is 6.54 Å². The van der Waals surface area contributed by atoms with Crippen LogP contribution in [0.25, 0.3) is 0 Å². The molecule has 0 saturated heterocycles. The summed E-state index contributed by atoms with van der Waals surface area (Å²) in [7, 11) is 0. The largest absolute Gasteiger partial charge is 0.480 e. The summed E-state index contributed by atoms with van der Waals surface area (Å²) < 4.78 is 1.05. The lowest BCUT2D eigenvalue weighted by Gasteiger charge is -2.33. The second-order valence-corrected chi connectivity index (χ2v) is 6.56. The molecule has 0 spiro atoms. The molecular formula is C11H16BrNO2S. The zero-order chi connectivity index (χ0) is 12.3. The third-order valence-corrected chi connectivity index (χ3v) is 3.93. The van der Waals surface area contributed by atoms with E-state index >= 15 is 0 Å². The van der Waals surface area contributed by atoms with Crippen molar-refractivity contribution in [1.82, 2.24) is 4.90 Å². The summed E-state index contributed by atoms with van der Waals surface area (Å²) in [5.74, 6) is -0.787. The van der Waals surface area contributed by atoms with Crippen LogP contribution >= 0.6 is 27.3 Å². The van der Waals surface area contributed by atoms with Crippen LogP contribution in [0.2, 0.25) is 0 Å². The normalized spacial score (nSPS) is 12.1. The van der Waals surface area contributed by atoms with E-state index in [4.69, 9.17) is 5.11 Å². The van der Waals surface area contributed by atoms with Crippen molar-refractivity contribution in [1.29, 1.82) is 0 Å². The van der Waals surface area contributed by atoms with Crippen LogP contribution < -0.4 is 0 Å². The van der Waals surface area contributed by atoms with Crippen molar-refractivity contribution in [2.24, 2.45) is 0 Å². The molecule has 0 aliphatic heterocycles. The number of aliphatic carboxylic acids is 1. The van der Waals surface area contributed by atoms with Gasteiger partial charge in [0.15, 0.2) is 0 Å². The van der Waals surface area contributed by atoms with Gasteiger partial charge in [-0.15, -0.1) is 11.3 Å². The molecule has 90 valence electrons. The number of rotatable bonds is 4. The van der Waals surface area contributed by atoms with Gasteiger partial charge in [0.1, 0.15) is 0 Å². The highest BCUT2D eigenvalue weighted by Gasteiger charge is 2.23. The molecule has 0 radical (unpaired) electrons. The van der Waals surface area contributed by atoms with Gasteiger partial charge in [-0.05, 0) is 42.8 Å². The summed E-state index contributed by atoms with van der Waals surface area (Å²) in [6, 6.07) is 2.03. The maximum absolute atomic E-state index is 10.8. The molecule has 0 aliphatic rings. The fourth-order valence-corrected chi connectivity index (χ4v) is 2.78. The minimum absolute atomic E-state index is 0.0685. The molecule has 1 heterocycles. The third-order valence-electron chi connectivity index (χ3n) is 2.24. The van der Waals surface area contributed by atoms with Crippen molar-refractivity contribution in [2.45, 2.75) is 32.9 Å². The van der Waals surface area contributed by atoms with Gasteiger partial charge in [-0.25, -0.2) is 0 Å². The summed E-state index contributed by atoms with van der Waals surface area (Å²) in [6.45, 7) is 6.82. The summed E-state index contributed by atoms with van der Waals surface area (Å²) in [5, 5.41) is 10.9. The highest BCUT2D eigenvalue weighted by molar-refractivity contribution is 9.10. The second-order valence-electron chi connectivity index (χ2n) is 4.65. The van der Waals surface area contributed by atoms with Crippen LogP contribution in [0.15, 0.2) is 15.9 Å². The van der Waals surface area contributed by atoms with Crippen LogP contribution in [0.4, 0.5) is 0 Å². The SMILES string of the molecule is CC(C)(C)N(CC(=O)O)Cc1cc(Br)cs1. The van der Waals surface area contributed by atoms with E-state index in [0.29, 0.717) is 6.54 Å². The Morgan fingerprint density at radius 2 is 2.19 bits per heavy atom. The van der Waals surface area contributed by atoms with Crippen LogP contribution in [0.1, 0.15) is 25.6 Å². The number of halogens is 1. The number of carbonyl (C=O) groups is 1. The van der Waals surface area contributed by atoms with E-state index in [0.717, 1.165) is 4.47 Å². The van der Waals surface area contributed by atoms with Crippen molar-refractivity contribution in [3.8, 4) is 0 Å². The highest BCUT2D eigenvalue weighted by Crippen LogP contribution is 2.24. The fourth-order valence-electron chi connectivity index (χ4n) is 1.32. The number of carboxylic acid groups (broad SMARTS) is 1.